The normalized spacial score (nSPS) is 10.5. The van der Waals surface area contributed by atoms with Crippen LogP contribution < -0.4 is 9.47 Å². The van der Waals surface area contributed by atoms with E-state index in [-0.39, 0.29) is 5.56 Å². The number of hydrogen-bond acceptors (Lipinski definition) is 3. The second-order valence-electron chi connectivity index (χ2n) is 5.37. The van der Waals surface area contributed by atoms with Gasteiger partial charge in [0.15, 0.2) is 11.5 Å². The van der Waals surface area contributed by atoms with Gasteiger partial charge < -0.3 is 14.6 Å². The summed E-state index contributed by atoms with van der Waals surface area (Å²) < 4.78 is 11.3. The van der Waals surface area contributed by atoms with Gasteiger partial charge in [0.25, 0.3) is 0 Å². The molecule has 0 spiro atoms. The maximum atomic E-state index is 11.1. The molecule has 0 saturated heterocycles. The van der Waals surface area contributed by atoms with Crippen LogP contribution in [0, 0.1) is 0 Å². The fourth-order valence-electron chi connectivity index (χ4n) is 2.52. The van der Waals surface area contributed by atoms with Crippen LogP contribution in [0.5, 0.6) is 11.5 Å². The molecule has 3 rings (SSSR count). The first kappa shape index (κ1) is 15.9. The zero-order valence-electron chi connectivity index (χ0n) is 13.4. The number of ether oxygens (including phenoxy) is 2. The molecule has 0 bridgehead atoms. The lowest BCUT2D eigenvalue weighted by Crippen LogP contribution is -2.02. The van der Waals surface area contributed by atoms with Crippen molar-refractivity contribution in [3.63, 3.8) is 0 Å². The Labute approximate surface area is 140 Å². The number of aromatic carboxylic acids is 1. The van der Waals surface area contributed by atoms with Crippen LogP contribution in [0.3, 0.4) is 0 Å². The van der Waals surface area contributed by atoms with Gasteiger partial charge in [0.2, 0.25) is 0 Å². The highest BCUT2D eigenvalue weighted by Gasteiger charge is 2.11. The van der Waals surface area contributed by atoms with Gasteiger partial charge >= 0.3 is 5.97 Å². The molecule has 0 aliphatic carbocycles. The minimum Gasteiger partial charge on any atom is -0.490 e. The number of benzene rings is 3. The molecule has 0 aliphatic rings. The maximum absolute atomic E-state index is 11.1. The molecule has 0 amide bonds. The minimum absolute atomic E-state index is 0.177. The summed E-state index contributed by atoms with van der Waals surface area (Å²) in [5.41, 5.74) is 1.22. The third kappa shape index (κ3) is 3.49. The Balaban J connectivity index is 1.80. The van der Waals surface area contributed by atoms with E-state index in [2.05, 4.69) is 24.3 Å². The lowest BCUT2D eigenvalue weighted by atomic mass is 10.1. The van der Waals surface area contributed by atoms with Gasteiger partial charge in [-0.25, -0.2) is 4.79 Å². The van der Waals surface area contributed by atoms with E-state index in [1.54, 1.807) is 6.07 Å². The average molecular weight is 322 g/mol. The first-order valence-corrected chi connectivity index (χ1v) is 7.78. The Hall–Kier alpha value is -3.01. The van der Waals surface area contributed by atoms with Crippen LogP contribution >= 0.6 is 0 Å². The van der Waals surface area contributed by atoms with Gasteiger partial charge in [0.05, 0.1) is 12.2 Å². The van der Waals surface area contributed by atoms with Crippen molar-refractivity contribution in [1.29, 1.82) is 0 Å². The number of hydrogen-bond donors (Lipinski definition) is 1. The summed E-state index contributed by atoms with van der Waals surface area (Å²) >= 11 is 0. The summed E-state index contributed by atoms with van der Waals surface area (Å²) in [6.07, 6.45) is 0. The molecule has 3 aromatic rings. The summed E-state index contributed by atoms with van der Waals surface area (Å²) in [4.78, 5) is 11.1. The highest BCUT2D eigenvalue weighted by atomic mass is 16.5. The molecular formula is C20H18O4. The summed E-state index contributed by atoms with van der Waals surface area (Å²) in [6.45, 7) is 2.67. The van der Waals surface area contributed by atoms with E-state index in [0.29, 0.717) is 24.7 Å². The fraction of sp³-hybridized carbons (Fsp3) is 0.150. The van der Waals surface area contributed by atoms with Crippen LogP contribution in [-0.4, -0.2) is 17.7 Å². The summed E-state index contributed by atoms with van der Waals surface area (Å²) in [7, 11) is 0. The zero-order valence-corrected chi connectivity index (χ0v) is 13.4. The van der Waals surface area contributed by atoms with Crippen molar-refractivity contribution < 1.29 is 19.4 Å². The molecule has 0 unspecified atom stereocenters. The molecule has 122 valence electrons. The number of carboxylic acid groups (broad SMARTS) is 1. The molecule has 1 N–H and O–H groups in total. The van der Waals surface area contributed by atoms with Crippen molar-refractivity contribution in [1.82, 2.24) is 0 Å². The van der Waals surface area contributed by atoms with E-state index in [1.807, 2.05) is 25.1 Å². The minimum atomic E-state index is -0.989. The molecule has 0 saturated carbocycles. The van der Waals surface area contributed by atoms with E-state index in [0.717, 1.165) is 10.9 Å². The zero-order chi connectivity index (χ0) is 16.9. The maximum Gasteiger partial charge on any atom is 0.335 e. The number of fused-ring (bicyclic) bond motifs is 1. The number of rotatable bonds is 6. The van der Waals surface area contributed by atoms with Crippen LogP contribution in [-0.2, 0) is 6.61 Å². The van der Waals surface area contributed by atoms with Crippen LogP contribution in [0.1, 0.15) is 22.8 Å². The third-order valence-corrected chi connectivity index (χ3v) is 3.70. The van der Waals surface area contributed by atoms with E-state index in [9.17, 15) is 4.79 Å². The molecule has 0 aliphatic heterocycles. The molecule has 0 atom stereocenters. The Morgan fingerprint density at radius 2 is 1.71 bits per heavy atom. The predicted molar refractivity (Wildman–Crippen MR) is 92.9 cm³/mol. The summed E-state index contributed by atoms with van der Waals surface area (Å²) in [5.74, 6) is -0.00905. The molecule has 0 fully saturated rings. The van der Waals surface area contributed by atoms with Gasteiger partial charge in [-0.1, -0.05) is 36.4 Å². The van der Waals surface area contributed by atoms with Gasteiger partial charge in [-0.05, 0) is 47.5 Å². The predicted octanol–water partition coefficient (Wildman–Crippen LogP) is 4.52. The SMILES string of the molecule is CCOc1cc(C(=O)O)ccc1OCc1ccc2ccccc2c1. The van der Waals surface area contributed by atoms with Crippen molar-refractivity contribution in [3.8, 4) is 11.5 Å². The number of carboxylic acids is 1. The van der Waals surface area contributed by atoms with E-state index in [4.69, 9.17) is 14.6 Å². The molecule has 4 heteroatoms. The smallest absolute Gasteiger partial charge is 0.335 e. The second kappa shape index (κ2) is 7.04. The van der Waals surface area contributed by atoms with E-state index < -0.39 is 5.97 Å². The Bertz CT molecular complexity index is 870. The standard InChI is InChI=1S/C20H18O4/c1-2-23-19-12-17(20(21)22)9-10-18(19)24-13-14-7-8-15-5-3-4-6-16(15)11-14/h3-12H,2,13H2,1H3,(H,21,22). The molecule has 24 heavy (non-hydrogen) atoms. The van der Waals surface area contributed by atoms with Crippen LogP contribution in [0.15, 0.2) is 60.7 Å². The van der Waals surface area contributed by atoms with Gasteiger partial charge in [-0.2, -0.15) is 0 Å². The lowest BCUT2D eigenvalue weighted by Gasteiger charge is -2.13. The first-order chi connectivity index (χ1) is 11.7. The quantitative estimate of drug-likeness (QED) is 0.725. The number of carbonyl (C=O) groups is 1. The van der Waals surface area contributed by atoms with Gasteiger partial charge in [-0.3, -0.25) is 0 Å². The second-order valence-corrected chi connectivity index (χ2v) is 5.37. The van der Waals surface area contributed by atoms with Gasteiger partial charge in [0.1, 0.15) is 6.61 Å². The Morgan fingerprint density at radius 1 is 0.917 bits per heavy atom. The van der Waals surface area contributed by atoms with Gasteiger partial charge in [0, 0.05) is 0 Å². The van der Waals surface area contributed by atoms with Gasteiger partial charge in [-0.15, -0.1) is 0 Å². The van der Waals surface area contributed by atoms with Crippen molar-refractivity contribution in [2.45, 2.75) is 13.5 Å². The molecule has 4 nitrogen and oxygen atoms in total. The molecule has 0 aromatic heterocycles. The van der Waals surface area contributed by atoms with Crippen molar-refractivity contribution in [2.24, 2.45) is 0 Å². The fourth-order valence-corrected chi connectivity index (χ4v) is 2.52. The topological polar surface area (TPSA) is 55.8 Å². The molecular weight excluding hydrogens is 304 g/mol. The lowest BCUT2D eigenvalue weighted by molar-refractivity contribution is 0.0696. The Morgan fingerprint density at radius 3 is 2.46 bits per heavy atom. The summed E-state index contributed by atoms with van der Waals surface area (Å²) in [6, 6.07) is 18.9. The summed E-state index contributed by atoms with van der Waals surface area (Å²) in [5, 5.41) is 11.4. The highest BCUT2D eigenvalue weighted by Crippen LogP contribution is 2.29. The highest BCUT2D eigenvalue weighted by molar-refractivity contribution is 5.88. The van der Waals surface area contributed by atoms with Crippen LogP contribution in [0.4, 0.5) is 0 Å². The van der Waals surface area contributed by atoms with Crippen LogP contribution in [0.2, 0.25) is 0 Å². The monoisotopic (exact) mass is 322 g/mol. The third-order valence-electron chi connectivity index (χ3n) is 3.70. The average Bonchev–Trinajstić information content (AvgIpc) is 2.60. The van der Waals surface area contributed by atoms with Crippen molar-refractivity contribution in [3.05, 3.63) is 71.8 Å². The molecule has 0 heterocycles. The van der Waals surface area contributed by atoms with E-state index in [1.165, 1.54) is 17.5 Å². The van der Waals surface area contributed by atoms with Crippen molar-refractivity contribution in [2.75, 3.05) is 6.61 Å². The first-order valence-electron chi connectivity index (χ1n) is 7.78. The van der Waals surface area contributed by atoms with Crippen LogP contribution in [0.25, 0.3) is 10.8 Å². The van der Waals surface area contributed by atoms with E-state index >= 15 is 0 Å². The molecule has 0 radical (unpaired) electrons. The van der Waals surface area contributed by atoms with Crippen molar-refractivity contribution >= 4 is 16.7 Å². The Kier molecular flexibility index (Phi) is 4.66. The molecule has 3 aromatic carbocycles. The largest absolute Gasteiger partial charge is 0.490 e.